The lowest BCUT2D eigenvalue weighted by Crippen LogP contribution is -2.57. The first-order valence-corrected chi connectivity index (χ1v) is 4.76. The van der Waals surface area contributed by atoms with E-state index in [1.807, 2.05) is 18.7 Å². The number of hydrogen-bond donors (Lipinski definition) is 1. The van der Waals surface area contributed by atoms with Gasteiger partial charge in [0, 0.05) is 12.6 Å². The van der Waals surface area contributed by atoms with Gasteiger partial charge >= 0.3 is 0 Å². The normalized spacial score (nSPS) is 29.5. The van der Waals surface area contributed by atoms with Crippen molar-refractivity contribution in [2.24, 2.45) is 0 Å². The lowest BCUT2D eigenvalue weighted by Gasteiger charge is -2.40. The molecule has 0 amide bonds. The molecule has 1 N–H and O–H groups in total. The molecule has 1 unspecified atom stereocenters. The predicted octanol–water partition coefficient (Wildman–Crippen LogP) is 1.32. The van der Waals surface area contributed by atoms with Crippen LogP contribution in [0.5, 0.6) is 0 Å². The molecular formula is C9H18F2N2. The van der Waals surface area contributed by atoms with Crippen LogP contribution in [0, 0.1) is 0 Å². The number of halogens is 2. The van der Waals surface area contributed by atoms with Gasteiger partial charge < -0.3 is 5.32 Å². The molecule has 1 aliphatic rings. The Balaban J connectivity index is 2.59. The monoisotopic (exact) mass is 192 g/mol. The van der Waals surface area contributed by atoms with E-state index in [2.05, 4.69) is 5.32 Å². The molecule has 1 heterocycles. The Morgan fingerprint density at radius 1 is 1.46 bits per heavy atom. The highest BCUT2D eigenvalue weighted by atomic mass is 19.3. The molecular weight excluding hydrogens is 174 g/mol. The van der Waals surface area contributed by atoms with E-state index in [0.717, 1.165) is 6.54 Å². The molecule has 1 atom stereocenters. The summed E-state index contributed by atoms with van der Waals surface area (Å²) in [6.07, 6.45) is 0.529. The highest BCUT2D eigenvalue weighted by Gasteiger charge is 2.44. The van der Waals surface area contributed by atoms with Crippen molar-refractivity contribution in [2.45, 2.75) is 38.3 Å². The molecule has 78 valence electrons. The molecule has 0 bridgehead atoms. The third kappa shape index (κ3) is 2.38. The average Bonchev–Trinajstić information content (AvgIpc) is 2.02. The van der Waals surface area contributed by atoms with Gasteiger partial charge in [-0.3, -0.25) is 4.90 Å². The number of nitrogens with zero attached hydrogens (tertiary/aromatic N) is 1. The van der Waals surface area contributed by atoms with Crippen molar-refractivity contribution in [2.75, 3.05) is 20.1 Å². The first-order chi connectivity index (χ1) is 5.97. The van der Waals surface area contributed by atoms with E-state index in [1.54, 1.807) is 7.05 Å². The van der Waals surface area contributed by atoms with E-state index in [9.17, 15) is 8.78 Å². The van der Waals surface area contributed by atoms with Gasteiger partial charge in [-0.05, 0) is 27.3 Å². The van der Waals surface area contributed by atoms with Crippen LogP contribution in [-0.2, 0) is 0 Å². The van der Waals surface area contributed by atoms with Gasteiger partial charge in [0.15, 0.2) is 0 Å². The summed E-state index contributed by atoms with van der Waals surface area (Å²) in [7, 11) is 1.60. The summed E-state index contributed by atoms with van der Waals surface area (Å²) in [5.74, 6) is -2.59. The largest absolute Gasteiger partial charge is 0.312 e. The van der Waals surface area contributed by atoms with Gasteiger partial charge in [0.2, 0.25) is 0 Å². The Morgan fingerprint density at radius 3 is 2.46 bits per heavy atom. The second-order valence-corrected chi connectivity index (χ2v) is 3.96. The van der Waals surface area contributed by atoms with Crippen molar-refractivity contribution in [3.63, 3.8) is 0 Å². The first-order valence-electron chi connectivity index (χ1n) is 4.76. The molecule has 0 aromatic heterocycles. The van der Waals surface area contributed by atoms with E-state index in [1.165, 1.54) is 0 Å². The summed E-state index contributed by atoms with van der Waals surface area (Å²) in [5.41, 5.74) is 0. The Kier molecular flexibility index (Phi) is 3.24. The average molecular weight is 192 g/mol. The molecule has 13 heavy (non-hydrogen) atoms. The molecule has 0 radical (unpaired) electrons. The van der Waals surface area contributed by atoms with Crippen molar-refractivity contribution < 1.29 is 8.78 Å². The first kappa shape index (κ1) is 10.9. The number of piperidine rings is 1. The van der Waals surface area contributed by atoms with Crippen molar-refractivity contribution in [1.29, 1.82) is 0 Å². The van der Waals surface area contributed by atoms with E-state index in [0.29, 0.717) is 6.42 Å². The van der Waals surface area contributed by atoms with Gasteiger partial charge in [0.1, 0.15) is 0 Å². The summed E-state index contributed by atoms with van der Waals surface area (Å²) in [5, 5.41) is 2.68. The molecule has 1 aliphatic heterocycles. The van der Waals surface area contributed by atoms with Crippen LogP contribution in [0.25, 0.3) is 0 Å². The number of hydrogen-bond acceptors (Lipinski definition) is 2. The molecule has 0 spiro atoms. The summed E-state index contributed by atoms with van der Waals surface area (Å²) in [6.45, 7) is 4.56. The second kappa shape index (κ2) is 3.88. The minimum atomic E-state index is -2.59. The Bertz CT molecular complexity index is 171. The molecule has 2 nitrogen and oxygen atoms in total. The molecule has 0 aliphatic carbocycles. The highest BCUT2D eigenvalue weighted by Crippen LogP contribution is 2.27. The lowest BCUT2D eigenvalue weighted by atomic mass is 10.00. The van der Waals surface area contributed by atoms with E-state index in [4.69, 9.17) is 0 Å². The van der Waals surface area contributed by atoms with E-state index < -0.39 is 12.0 Å². The summed E-state index contributed by atoms with van der Waals surface area (Å²) in [4.78, 5) is 1.83. The summed E-state index contributed by atoms with van der Waals surface area (Å²) < 4.78 is 26.8. The third-order valence-electron chi connectivity index (χ3n) is 2.71. The van der Waals surface area contributed by atoms with Crippen LogP contribution in [-0.4, -0.2) is 43.0 Å². The molecule has 1 saturated heterocycles. The number of alkyl halides is 2. The maximum Gasteiger partial charge on any atom is 0.275 e. The van der Waals surface area contributed by atoms with Crippen LogP contribution in [0.2, 0.25) is 0 Å². The fraction of sp³-hybridized carbons (Fsp3) is 1.00. The maximum absolute atomic E-state index is 13.4. The quantitative estimate of drug-likeness (QED) is 0.710. The van der Waals surface area contributed by atoms with Gasteiger partial charge in [-0.25, -0.2) is 8.78 Å². The molecule has 1 fully saturated rings. The fourth-order valence-corrected chi connectivity index (χ4v) is 1.76. The Hall–Kier alpha value is -0.220. The fourth-order valence-electron chi connectivity index (χ4n) is 1.76. The minimum Gasteiger partial charge on any atom is -0.312 e. The zero-order valence-corrected chi connectivity index (χ0v) is 8.48. The maximum atomic E-state index is 13.4. The third-order valence-corrected chi connectivity index (χ3v) is 2.71. The molecule has 0 aromatic carbocycles. The molecule has 0 saturated carbocycles. The SMILES string of the molecule is CNC1CCN(C(C)C)CC1(F)F. The zero-order chi connectivity index (χ0) is 10.1. The van der Waals surface area contributed by atoms with Crippen LogP contribution in [0.15, 0.2) is 0 Å². The summed E-state index contributed by atoms with van der Waals surface area (Å²) in [6, 6.07) is -0.439. The van der Waals surface area contributed by atoms with Crippen molar-refractivity contribution >= 4 is 0 Å². The smallest absolute Gasteiger partial charge is 0.275 e. The minimum absolute atomic E-state index is 0.115. The van der Waals surface area contributed by atoms with Gasteiger partial charge in [-0.1, -0.05) is 0 Å². The highest BCUT2D eigenvalue weighted by molar-refractivity contribution is 4.91. The molecule has 0 aromatic rings. The Labute approximate surface area is 78.3 Å². The van der Waals surface area contributed by atoms with Gasteiger partial charge in [-0.2, -0.15) is 0 Å². The number of rotatable bonds is 2. The van der Waals surface area contributed by atoms with Crippen molar-refractivity contribution in [3.05, 3.63) is 0 Å². The van der Waals surface area contributed by atoms with Gasteiger partial charge in [-0.15, -0.1) is 0 Å². The van der Waals surface area contributed by atoms with Gasteiger partial charge in [0.05, 0.1) is 12.6 Å². The molecule has 4 heteroatoms. The summed E-state index contributed by atoms with van der Waals surface area (Å²) >= 11 is 0. The van der Waals surface area contributed by atoms with Crippen LogP contribution in [0.1, 0.15) is 20.3 Å². The van der Waals surface area contributed by atoms with E-state index in [-0.39, 0.29) is 12.6 Å². The lowest BCUT2D eigenvalue weighted by molar-refractivity contribution is -0.0948. The predicted molar refractivity (Wildman–Crippen MR) is 49.1 cm³/mol. The van der Waals surface area contributed by atoms with Crippen molar-refractivity contribution in [1.82, 2.24) is 10.2 Å². The zero-order valence-electron chi connectivity index (χ0n) is 8.48. The number of likely N-dealkylation sites (tertiary alicyclic amines) is 1. The van der Waals surface area contributed by atoms with Crippen LogP contribution in [0.3, 0.4) is 0 Å². The van der Waals surface area contributed by atoms with Crippen LogP contribution in [0.4, 0.5) is 8.78 Å². The van der Waals surface area contributed by atoms with E-state index >= 15 is 0 Å². The number of nitrogens with one attached hydrogen (secondary N) is 1. The van der Waals surface area contributed by atoms with Gasteiger partial charge in [0.25, 0.3) is 5.92 Å². The topological polar surface area (TPSA) is 15.3 Å². The Morgan fingerprint density at radius 2 is 2.08 bits per heavy atom. The second-order valence-electron chi connectivity index (χ2n) is 3.96. The van der Waals surface area contributed by atoms with Crippen LogP contribution < -0.4 is 5.32 Å². The van der Waals surface area contributed by atoms with Crippen LogP contribution >= 0.6 is 0 Å². The standard InChI is InChI=1S/C9H18F2N2/c1-7(2)13-5-4-8(12-3)9(10,11)6-13/h7-8,12H,4-6H2,1-3H3. The molecule has 1 rings (SSSR count). The van der Waals surface area contributed by atoms with Crippen molar-refractivity contribution in [3.8, 4) is 0 Å².